The molecular formula is C14H23N3O2. The Morgan fingerprint density at radius 2 is 2.05 bits per heavy atom. The van der Waals surface area contributed by atoms with E-state index in [1.54, 1.807) is 25.8 Å². The average molecular weight is 265 g/mol. The number of rotatable bonds is 6. The van der Waals surface area contributed by atoms with Crippen LogP contribution in [0.15, 0.2) is 24.3 Å². The molecule has 19 heavy (non-hydrogen) atoms. The smallest absolute Gasteiger partial charge is 0.238 e. The van der Waals surface area contributed by atoms with Crippen LogP contribution in [0.2, 0.25) is 0 Å². The lowest BCUT2D eigenvalue weighted by atomic mass is 10.1. The van der Waals surface area contributed by atoms with Gasteiger partial charge in [-0.1, -0.05) is 18.2 Å². The SMILES string of the molecule is CN(CC(=O)Nc1ccccc1CN)CC(C)(C)O. The molecule has 0 heterocycles. The summed E-state index contributed by atoms with van der Waals surface area (Å²) in [6.07, 6.45) is 0. The van der Waals surface area contributed by atoms with Gasteiger partial charge in [-0.25, -0.2) is 0 Å². The van der Waals surface area contributed by atoms with Crippen molar-refractivity contribution >= 4 is 11.6 Å². The van der Waals surface area contributed by atoms with E-state index in [1.807, 2.05) is 24.3 Å². The summed E-state index contributed by atoms with van der Waals surface area (Å²) in [6.45, 7) is 4.47. The van der Waals surface area contributed by atoms with Crippen LogP contribution in [0.1, 0.15) is 19.4 Å². The first-order chi connectivity index (χ1) is 8.81. The summed E-state index contributed by atoms with van der Waals surface area (Å²) < 4.78 is 0. The fourth-order valence-corrected chi connectivity index (χ4v) is 1.97. The highest BCUT2D eigenvalue weighted by Gasteiger charge is 2.17. The number of hydrogen-bond acceptors (Lipinski definition) is 4. The summed E-state index contributed by atoms with van der Waals surface area (Å²) in [5, 5.41) is 12.5. The number of benzene rings is 1. The van der Waals surface area contributed by atoms with Crippen molar-refractivity contribution in [2.75, 3.05) is 25.5 Å². The number of carbonyl (C=O) groups is 1. The highest BCUT2D eigenvalue weighted by molar-refractivity contribution is 5.92. The van der Waals surface area contributed by atoms with E-state index in [4.69, 9.17) is 5.73 Å². The van der Waals surface area contributed by atoms with Crippen LogP contribution >= 0.6 is 0 Å². The predicted molar refractivity (Wildman–Crippen MR) is 76.8 cm³/mol. The summed E-state index contributed by atoms with van der Waals surface area (Å²) >= 11 is 0. The van der Waals surface area contributed by atoms with Crippen LogP contribution in [-0.4, -0.2) is 41.7 Å². The van der Waals surface area contributed by atoms with Gasteiger partial charge in [-0.2, -0.15) is 0 Å². The van der Waals surface area contributed by atoms with Gasteiger partial charge < -0.3 is 16.2 Å². The molecule has 0 spiro atoms. The number of hydrogen-bond donors (Lipinski definition) is 3. The van der Waals surface area contributed by atoms with Crippen molar-refractivity contribution in [1.82, 2.24) is 4.90 Å². The van der Waals surface area contributed by atoms with Gasteiger partial charge in [0.1, 0.15) is 0 Å². The highest BCUT2D eigenvalue weighted by atomic mass is 16.3. The first-order valence-electron chi connectivity index (χ1n) is 6.30. The van der Waals surface area contributed by atoms with Gasteiger partial charge in [0, 0.05) is 18.8 Å². The molecular weight excluding hydrogens is 242 g/mol. The van der Waals surface area contributed by atoms with Crippen molar-refractivity contribution < 1.29 is 9.90 Å². The zero-order chi connectivity index (χ0) is 14.5. The molecule has 0 atom stereocenters. The molecule has 0 aromatic heterocycles. The Morgan fingerprint density at radius 3 is 2.63 bits per heavy atom. The zero-order valence-corrected chi connectivity index (χ0v) is 11.8. The predicted octanol–water partition coefficient (Wildman–Crippen LogP) is 0.786. The summed E-state index contributed by atoms with van der Waals surface area (Å²) in [7, 11) is 1.80. The van der Waals surface area contributed by atoms with Crippen LogP contribution in [0, 0.1) is 0 Å². The third-order valence-corrected chi connectivity index (χ3v) is 2.58. The van der Waals surface area contributed by atoms with E-state index in [1.165, 1.54) is 0 Å². The monoisotopic (exact) mass is 265 g/mol. The molecule has 0 fully saturated rings. The molecule has 0 aliphatic rings. The topological polar surface area (TPSA) is 78.6 Å². The van der Waals surface area contributed by atoms with Gasteiger partial charge in [0.15, 0.2) is 0 Å². The Labute approximate surface area is 114 Å². The van der Waals surface area contributed by atoms with E-state index in [2.05, 4.69) is 5.32 Å². The minimum absolute atomic E-state index is 0.118. The number of aliphatic hydroxyl groups is 1. The molecule has 1 aromatic carbocycles. The Bertz CT molecular complexity index is 427. The van der Waals surface area contributed by atoms with Gasteiger partial charge >= 0.3 is 0 Å². The molecule has 1 amide bonds. The number of nitrogens with one attached hydrogen (secondary N) is 1. The maximum absolute atomic E-state index is 11.9. The van der Waals surface area contributed by atoms with Crippen LogP contribution < -0.4 is 11.1 Å². The lowest BCUT2D eigenvalue weighted by Gasteiger charge is -2.25. The molecule has 4 N–H and O–H groups in total. The number of nitrogens with two attached hydrogens (primary N) is 1. The van der Waals surface area contributed by atoms with Gasteiger partial charge in [-0.15, -0.1) is 0 Å². The molecule has 0 bridgehead atoms. The van der Waals surface area contributed by atoms with E-state index in [-0.39, 0.29) is 12.5 Å². The maximum atomic E-state index is 11.9. The molecule has 0 aliphatic heterocycles. The van der Waals surface area contributed by atoms with Crippen molar-refractivity contribution in [3.8, 4) is 0 Å². The van der Waals surface area contributed by atoms with E-state index in [0.29, 0.717) is 13.1 Å². The minimum atomic E-state index is -0.815. The Hall–Kier alpha value is -1.43. The second kappa shape index (κ2) is 6.65. The van der Waals surface area contributed by atoms with Crippen LogP contribution in [-0.2, 0) is 11.3 Å². The molecule has 0 saturated carbocycles. The average Bonchev–Trinajstić information content (AvgIpc) is 2.26. The summed E-state index contributed by atoms with van der Waals surface area (Å²) in [6, 6.07) is 7.46. The number of amides is 1. The second-order valence-corrected chi connectivity index (χ2v) is 5.39. The number of carbonyl (C=O) groups excluding carboxylic acids is 1. The number of likely N-dealkylation sites (N-methyl/N-ethyl adjacent to an activating group) is 1. The molecule has 1 aromatic rings. The molecule has 0 saturated heterocycles. The lowest BCUT2D eigenvalue weighted by molar-refractivity contribution is -0.117. The molecule has 0 radical (unpaired) electrons. The first kappa shape index (κ1) is 15.6. The van der Waals surface area contributed by atoms with Crippen molar-refractivity contribution in [2.45, 2.75) is 26.0 Å². The fourth-order valence-electron chi connectivity index (χ4n) is 1.97. The number of para-hydroxylation sites is 1. The normalized spacial score (nSPS) is 11.7. The van der Waals surface area contributed by atoms with Gasteiger partial charge in [0.25, 0.3) is 0 Å². The molecule has 1 rings (SSSR count). The third-order valence-electron chi connectivity index (χ3n) is 2.58. The molecule has 0 unspecified atom stereocenters. The molecule has 5 nitrogen and oxygen atoms in total. The molecule has 5 heteroatoms. The largest absolute Gasteiger partial charge is 0.389 e. The van der Waals surface area contributed by atoms with E-state index in [0.717, 1.165) is 11.3 Å². The van der Waals surface area contributed by atoms with E-state index in [9.17, 15) is 9.90 Å². The Balaban J connectivity index is 2.56. The third kappa shape index (κ3) is 5.83. The standard InChI is InChI=1S/C14H23N3O2/c1-14(2,19)10-17(3)9-13(18)16-12-7-5-4-6-11(12)8-15/h4-7,19H,8-10,15H2,1-3H3,(H,16,18). The Kier molecular flexibility index (Phi) is 5.47. The summed E-state index contributed by atoms with van der Waals surface area (Å²) in [4.78, 5) is 13.7. The van der Waals surface area contributed by atoms with Crippen molar-refractivity contribution in [1.29, 1.82) is 0 Å². The molecule has 0 aliphatic carbocycles. The second-order valence-electron chi connectivity index (χ2n) is 5.39. The lowest BCUT2D eigenvalue weighted by Crippen LogP contribution is -2.40. The van der Waals surface area contributed by atoms with Gasteiger partial charge in [-0.3, -0.25) is 9.69 Å². The van der Waals surface area contributed by atoms with Crippen LogP contribution in [0.5, 0.6) is 0 Å². The van der Waals surface area contributed by atoms with Gasteiger partial charge in [0.05, 0.1) is 12.1 Å². The van der Waals surface area contributed by atoms with Crippen LogP contribution in [0.3, 0.4) is 0 Å². The molecule has 106 valence electrons. The number of nitrogens with zero attached hydrogens (tertiary/aromatic N) is 1. The highest BCUT2D eigenvalue weighted by Crippen LogP contribution is 2.14. The number of anilines is 1. The summed E-state index contributed by atoms with van der Waals surface area (Å²) in [5.74, 6) is -0.118. The Morgan fingerprint density at radius 1 is 1.42 bits per heavy atom. The van der Waals surface area contributed by atoms with Crippen LogP contribution in [0.4, 0.5) is 5.69 Å². The van der Waals surface area contributed by atoms with Crippen LogP contribution in [0.25, 0.3) is 0 Å². The van der Waals surface area contributed by atoms with Crippen molar-refractivity contribution in [2.24, 2.45) is 5.73 Å². The fraction of sp³-hybridized carbons (Fsp3) is 0.500. The van der Waals surface area contributed by atoms with Crippen molar-refractivity contribution in [3.63, 3.8) is 0 Å². The quantitative estimate of drug-likeness (QED) is 0.710. The first-order valence-corrected chi connectivity index (χ1v) is 6.30. The minimum Gasteiger partial charge on any atom is -0.389 e. The van der Waals surface area contributed by atoms with E-state index >= 15 is 0 Å². The van der Waals surface area contributed by atoms with Gasteiger partial charge in [0.2, 0.25) is 5.91 Å². The maximum Gasteiger partial charge on any atom is 0.238 e. The van der Waals surface area contributed by atoms with E-state index < -0.39 is 5.60 Å². The van der Waals surface area contributed by atoms with Crippen molar-refractivity contribution in [3.05, 3.63) is 29.8 Å². The van der Waals surface area contributed by atoms with Gasteiger partial charge in [-0.05, 0) is 32.5 Å². The summed E-state index contributed by atoms with van der Waals surface area (Å²) in [5.41, 5.74) is 6.45. The zero-order valence-electron chi connectivity index (χ0n) is 11.8.